The predicted molar refractivity (Wildman–Crippen MR) is 72.1 cm³/mol. The van der Waals surface area contributed by atoms with Crippen molar-refractivity contribution in [2.45, 2.75) is 6.92 Å². The van der Waals surface area contributed by atoms with Gasteiger partial charge in [0.1, 0.15) is 5.82 Å². The first-order valence-corrected chi connectivity index (χ1v) is 6.72. The third kappa shape index (κ3) is 1.79. The molecular formula is C13H18ClN3O. The van der Waals surface area contributed by atoms with Gasteiger partial charge < -0.3 is 15.3 Å². The molecule has 0 saturated carbocycles. The summed E-state index contributed by atoms with van der Waals surface area (Å²) in [6, 6.07) is 3.87. The molecular weight excluding hydrogens is 250 g/mol. The summed E-state index contributed by atoms with van der Waals surface area (Å²) in [5.74, 6) is 1.49. The Morgan fingerprint density at radius 3 is 3.11 bits per heavy atom. The smallest absolute Gasteiger partial charge is 0.128 e. The highest BCUT2D eigenvalue weighted by Gasteiger charge is 2.49. The van der Waals surface area contributed by atoms with Crippen LogP contribution in [0.3, 0.4) is 0 Å². The highest BCUT2D eigenvalue weighted by Crippen LogP contribution is 2.40. The normalized spacial score (nSPS) is 30.8. The van der Waals surface area contributed by atoms with E-state index >= 15 is 0 Å². The van der Waals surface area contributed by atoms with Crippen LogP contribution in [0.15, 0.2) is 12.1 Å². The first kappa shape index (κ1) is 12.2. The fraction of sp³-hybridized carbons (Fsp3) is 0.615. The van der Waals surface area contributed by atoms with Crippen molar-refractivity contribution >= 4 is 17.4 Å². The van der Waals surface area contributed by atoms with Crippen molar-refractivity contribution < 1.29 is 5.11 Å². The van der Waals surface area contributed by atoms with Crippen molar-refractivity contribution in [1.29, 1.82) is 0 Å². The van der Waals surface area contributed by atoms with Crippen LogP contribution in [0, 0.1) is 18.3 Å². The third-order valence-corrected chi connectivity index (χ3v) is 4.73. The molecule has 0 radical (unpaired) electrons. The van der Waals surface area contributed by atoms with E-state index in [0.29, 0.717) is 10.9 Å². The zero-order chi connectivity index (χ0) is 12.8. The summed E-state index contributed by atoms with van der Waals surface area (Å²) in [4.78, 5) is 6.81. The maximum atomic E-state index is 9.68. The standard InChI is InChI=1S/C13H18ClN3O/c1-9-11(14)2-3-12(16-9)17-5-10-4-15-6-13(10,7-17)8-18/h2-3,10,15,18H,4-8H2,1H3. The molecule has 4 nitrogen and oxygen atoms in total. The van der Waals surface area contributed by atoms with Crippen LogP contribution in [-0.4, -0.2) is 42.9 Å². The van der Waals surface area contributed by atoms with Crippen molar-refractivity contribution in [1.82, 2.24) is 10.3 Å². The van der Waals surface area contributed by atoms with Gasteiger partial charge in [-0.3, -0.25) is 0 Å². The molecule has 1 aromatic rings. The summed E-state index contributed by atoms with van der Waals surface area (Å²) < 4.78 is 0. The lowest BCUT2D eigenvalue weighted by atomic mass is 9.82. The van der Waals surface area contributed by atoms with Gasteiger partial charge in [-0.2, -0.15) is 0 Å². The van der Waals surface area contributed by atoms with Crippen LogP contribution in [0.5, 0.6) is 0 Å². The van der Waals surface area contributed by atoms with Crippen LogP contribution in [0.4, 0.5) is 5.82 Å². The monoisotopic (exact) mass is 267 g/mol. The number of fused-ring (bicyclic) bond motifs is 1. The van der Waals surface area contributed by atoms with Gasteiger partial charge in [-0.1, -0.05) is 11.6 Å². The summed E-state index contributed by atoms with van der Waals surface area (Å²) in [7, 11) is 0. The summed E-state index contributed by atoms with van der Waals surface area (Å²) >= 11 is 6.01. The number of nitrogens with one attached hydrogen (secondary N) is 1. The molecule has 0 aliphatic carbocycles. The quantitative estimate of drug-likeness (QED) is 0.841. The largest absolute Gasteiger partial charge is 0.396 e. The number of anilines is 1. The Kier molecular flexibility index (Phi) is 2.96. The molecule has 2 saturated heterocycles. The Hall–Kier alpha value is -0.840. The van der Waals surface area contributed by atoms with Gasteiger partial charge >= 0.3 is 0 Å². The molecule has 3 heterocycles. The lowest BCUT2D eigenvalue weighted by molar-refractivity contribution is 0.135. The van der Waals surface area contributed by atoms with E-state index in [-0.39, 0.29) is 12.0 Å². The van der Waals surface area contributed by atoms with Gasteiger partial charge in [-0.15, -0.1) is 0 Å². The number of halogens is 1. The van der Waals surface area contributed by atoms with Crippen molar-refractivity contribution in [3.8, 4) is 0 Å². The zero-order valence-electron chi connectivity index (χ0n) is 10.5. The molecule has 2 fully saturated rings. The van der Waals surface area contributed by atoms with Crippen LogP contribution in [0.2, 0.25) is 5.02 Å². The molecule has 0 bridgehead atoms. The lowest BCUT2D eigenvalue weighted by Crippen LogP contribution is -2.36. The fourth-order valence-electron chi connectivity index (χ4n) is 3.13. The number of nitrogens with zero attached hydrogens (tertiary/aromatic N) is 2. The van der Waals surface area contributed by atoms with E-state index < -0.39 is 0 Å². The lowest BCUT2D eigenvalue weighted by Gasteiger charge is -2.25. The van der Waals surface area contributed by atoms with Gasteiger partial charge in [0.05, 0.1) is 17.3 Å². The van der Waals surface area contributed by atoms with Gasteiger partial charge in [-0.25, -0.2) is 4.98 Å². The van der Waals surface area contributed by atoms with E-state index in [2.05, 4.69) is 15.2 Å². The Balaban J connectivity index is 1.85. The van der Waals surface area contributed by atoms with E-state index in [1.807, 2.05) is 19.1 Å². The number of aromatic nitrogens is 1. The number of aliphatic hydroxyl groups excluding tert-OH is 1. The molecule has 0 amide bonds. The minimum absolute atomic E-state index is 0.00915. The Morgan fingerprint density at radius 1 is 1.61 bits per heavy atom. The molecule has 0 spiro atoms. The van der Waals surface area contributed by atoms with Crippen LogP contribution >= 0.6 is 11.6 Å². The molecule has 2 unspecified atom stereocenters. The molecule has 0 aromatic carbocycles. The van der Waals surface area contributed by atoms with E-state index in [1.165, 1.54) is 0 Å². The second kappa shape index (κ2) is 4.37. The van der Waals surface area contributed by atoms with Crippen LogP contribution in [0.25, 0.3) is 0 Å². The third-order valence-electron chi connectivity index (χ3n) is 4.33. The molecule has 2 aliphatic heterocycles. The molecule has 1 aromatic heterocycles. The summed E-state index contributed by atoms with van der Waals surface area (Å²) in [5, 5.41) is 13.8. The summed E-state index contributed by atoms with van der Waals surface area (Å²) in [5.41, 5.74) is 0.872. The second-order valence-corrected chi connectivity index (χ2v) is 5.87. The number of rotatable bonds is 2. The maximum Gasteiger partial charge on any atom is 0.128 e. The highest BCUT2D eigenvalue weighted by molar-refractivity contribution is 6.31. The molecule has 2 aliphatic rings. The van der Waals surface area contributed by atoms with E-state index in [1.54, 1.807) is 0 Å². The molecule has 5 heteroatoms. The average Bonchev–Trinajstić information content (AvgIpc) is 2.89. The molecule has 2 atom stereocenters. The minimum Gasteiger partial charge on any atom is -0.396 e. The molecule has 18 heavy (non-hydrogen) atoms. The van der Waals surface area contributed by atoms with Crippen LogP contribution in [-0.2, 0) is 0 Å². The van der Waals surface area contributed by atoms with Gasteiger partial charge in [0.2, 0.25) is 0 Å². The maximum absolute atomic E-state index is 9.68. The topological polar surface area (TPSA) is 48.4 Å². The Bertz CT molecular complexity index is 468. The van der Waals surface area contributed by atoms with Crippen molar-refractivity contribution in [3.63, 3.8) is 0 Å². The van der Waals surface area contributed by atoms with Crippen LogP contribution < -0.4 is 10.2 Å². The Morgan fingerprint density at radius 2 is 2.44 bits per heavy atom. The molecule has 3 rings (SSSR count). The van der Waals surface area contributed by atoms with Crippen molar-refractivity contribution in [3.05, 3.63) is 22.8 Å². The van der Waals surface area contributed by atoms with Gasteiger partial charge in [0, 0.05) is 31.6 Å². The van der Waals surface area contributed by atoms with Gasteiger partial charge in [-0.05, 0) is 25.0 Å². The summed E-state index contributed by atoms with van der Waals surface area (Å²) in [6.45, 7) is 5.89. The molecule has 2 N–H and O–H groups in total. The highest BCUT2D eigenvalue weighted by atomic mass is 35.5. The van der Waals surface area contributed by atoms with Gasteiger partial charge in [0.15, 0.2) is 0 Å². The molecule has 98 valence electrons. The summed E-state index contributed by atoms with van der Waals surface area (Å²) in [6.07, 6.45) is 0. The fourth-order valence-corrected chi connectivity index (χ4v) is 3.23. The van der Waals surface area contributed by atoms with E-state index in [9.17, 15) is 5.11 Å². The van der Waals surface area contributed by atoms with Gasteiger partial charge in [0.25, 0.3) is 0 Å². The number of aryl methyl sites for hydroxylation is 1. The van der Waals surface area contributed by atoms with Crippen molar-refractivity contribution in [2.24, 2.45) is 11.3 Å². The number of pyridine rings is 1. The zero-order valence-corrected chi connectivity index (χ0v) is 11.2. The number of hydrogen-bond acceptors (Lipinski definition) is 4. The Labute approximate surface area is 112 Å². The number of aliphatic hydroxyl groups is 1. The minimum atomic E-state index is 0.00915. The van der Waals surface area contributed by atoms with Crippen molar-refractivity contribution in [2.75, 3.05) is 37.7 Å². The average molecular weight is 268 g/mol. The predicted octanol–water partition coefficient (Wildman–Crippen LogP) is 1.06. The SMILES string of the molecule is Cc1nc(N2CC3CNCC3(CO)C2)ccc1Cl. The van der Waals surface area contributed by atoms with E-state index in [4.69, 9.17) is 11.6 Å². The first-order chi connectivity index (χ1) is 8.64. The van der Waals surface area contributed by atoms with E-state index in [0.717, 1.165) is 37.7 Å². The number of hydrogen-bond donors (Lipinski definition) is 2. The first-order valence-electron chi connectivity index (χ1n) is 6.34. The van der Waals surface area contributed by atoms with Crippen LogP contribution in [0.1, 0.15) is 5.69 Å². The second-order valence-electron chi connectivity index (χ2n) is 5.47.